The van der Waals surface area contributed by atoms with Gasteiger partial charge < -0.3 is 4.90 Å². The lowest BCUT2D eigenvalue weighted by Gasteiger charge is -2.15. The molecule has 1 aromatic heterocycles. The normalized spacial score (nSPS) is 13.2. The molecule has 3 heteroatoms. The van der Waals surface area contributed by atoms with E-state index in [4.69, 9.17) is 0 Å². The first kappa shape index (κ1) is 12.6. The quantitative estimate of drug-likeness (QED) is 0.812. The van der Waals surface area contributed by atoms with Crippen LogP contribution in [-0.4, -0.2) is 23.8 Å². The van der Waals surface area contributed by atoms with E-state index in [-0.39, 0.29) is 0 Å². The first-order valence-electron chi connectivity index (χ1n) is 5.79. The van der Waals surface area contributed by atoms with Gasteiger partial charge in [-0.1, -0.05) is 32.1 Å². The van der Waals surface area contributed by atoms with Crippen LogP contribution in [0.1, 0.15) is 26.7 Å². The zero-order valence-electron chi connectivity index (χ0n) is 10.5. The number of nitrogens with one attached hydrogen (secondary N) is 1. The lowest BCUT2D eigenvalue weighted by atomic mass is 10.3. The average molecular weight is 219 g/mol. The van der Waals surface area contributed by atoms with Gasteiger partial charge in [0.1, 0.15) is 0 Å². The Morgan fingerprint density at radius 2 is 2.25 bits per heavy atom. The summed E-state index contributed by atoms with van der Waals surface area (Å²) in [6.45, 7) is 8.97. The Kier molecular flexibility index (Phi) is 4.83. The first-order valence-corrected chi connectivity index (χ1v) is 5.79. The zero-order chi connectivity index (χ0) is 12.0. The van der Waals surface area contributed by atoms with Crippen LogP contribution < -0.4 is 15.5 Å². The molecule has 1 rings (SSSR count). The van der Waals surface area contributed by atoms with Crippen LogP contribution >= 0.6 is 0 Å². The summed E-state index contributed by atoms with van der Waals surface area (Å²) >= 11 is 0. The van der Waals surface area contributed by atoms with Crippen molar-refractivity contribution in [1.29, 1.82) is 0 Å². The van der Waals surface area contributed by atoms with E-state index in [1.165, 1.54) is 12.8 Å². The number of anilines is 1. The van der Waals surface area contributed by atoms with Gasteiger partial charge in [-0.25, -0.2) is 0 Å². The molecule has 0 radical (unpaired) electrons. The number of aromatic amines is 1. The Morgan fingerprint density at radius 1 is 1.50 bits per heavy atom. The fourth-order valence-corrected chi connectivity index (χ4v) is 1.65. The van der Waals surface area contributed by atoms with Gasteiger partial charge in [-0.2, -0.15) is 5.10 Å². The molecule has 0 amide bonds. The largest absolute Gasteiger partial charge is 0.358 e. The van der Waals surface area contributed by atoms with Gasteiger partial charge in [-0.05, 0) is 19.4 Å². The van der Waals surface area contributed by atoms with Gasteiger partial charge in [-0.3, -0.25) is 5.10 Å². The number of H-pyrrole nitrogens is 1. The number of nitrogens with zero attached hydrogens (tertiary/aromatic N) is 2. The number of aromatic nitrogens is 2. The maximum absolute atomic E-state index is 4.35. The van der Waals surface area contributed by atoms with Gasteiger partial charge in [-0.15, -0.1) is 0 Å². The minimum absolute atomic E-state index is 1.00. The minimum atomic E-state index is 1.00. The molecule has 0 aromatic carbocycles. The highest BCUT2D eigenvalue weighted by molar-refractivity contribution is 5.49. The van der Waals surface area contributed by atoms with E-state index in [0.29, 0.717) is 0 Å². The molecule has 0 fully saturated rings. The van der Waals surface area contributed by atoms with Crippen molar-refractivity contribution in [3.63, 3.8) is 0 Å². The maximum atomic E-state index is 4.35. The van der Waals surface area contributed by atoms with Crippen molar-refractivity contribution < 1.29 is 0 Å². The molecule has 0 saturated heterocycles. The SMILES string of the molecule is C=C/C=c1/c(N(C)CCCC)n[nH]/c1=C/C. The predicted molar refractivity (Wildman–Crippen MR) is 70.8 cm³/mol. The van der Waals surface area contributed by atoms with E-state index in [1.807, 2.05) is 19.1 Å². The summed E-state index contributed by atoms with van der Waals surface area (Å²) in [7, 11) is 2.08. The molecular weight excluding hydrogens is 198 g/mol. The highest BCUT2D eigenvalue weighted by atomic mass is 15.3. The summed E-state index contributed by atoms with van der Waals surface area (Å²) < 4.78 is 0. The summed E-state index contributed by atoms with van der Waals surface area (Å²) in [5, 5.41) is 9.56. The summed E-state index contributed by atoms with van der Waals surface area (Å²) in [5.41, 5.74) is 0. The van der Waals surface area contributed by atoms with Gasteiger partial charge in [0.2, 0.25) is 0 Å². The standard InChI is InChI=1S/C13H21N3/c1-5-8-10-16(4)13-11(9-6-2)12(7-3)14-15-13/h6-7,9,14H,2,5,8,10H2,1,3-4H3/b11-9+,12-7+. The third-order valence-corrected chi connectivity index (χ3v) is 2.60. The molecule has 1 N–H and O–H groups in total. The second-order valence-corrected chi connectivity index (χ2v) is 3.84. The molecule has 0 aliphatic rings. The Labute approximate surface area is 97.2 Å². The summed E-state index contributed by atoms with van der Waals surface area (Å²) in [4.78, 5) is 2.18. The Hall–Kier alpha value is -1.51. The third kappa shape index (κ3) is 2.75. The zero-order valence-corrected chi connectivity index (χ0v) is 10.5. The summed E-state index contributed by atoms with van der Waals surface area (Å²) in [5.74, 6) is 1.00. The van der Waals surface area contributed by atoms with E-state index in [9.17, 15) is 0 Å². The van der Waals surface area contributed by atoms with E-state index >= 15 is 0 Å². The summed E-state index contributed by atoms with van der Waals surface area (Å²) in [6.07, 6.45) is 8.20. The highest BCUT2D eigenvalue weighted by Gasteiger charge is 2.05. The second kappa shape index (κ2) is 6.16. The molecule has 0 unspecified atom stereocenters. The van der Waals surface area contributed by atoms with Crippen molar-refractivity contribution in [3.05, 3.63) is 23.2 Å². The molecular formula is C13H21N3. The van der Waals surface area contributed by atoms with Crippen molar-refractivity contribution in [2.75, 3.05) is 18.5 Å². The van der Waals surface area contributed by atoms with E-state index in [1.54, 1.807) is 6.08 Å². The van der Waals surface area contributed by atoms with Gasteiger partial charge in [0.15, 0.2) is 5.82 Å². The van der Waals surface area contributed by atoms with Crippen molar-refractivity contribution in [2.45, 2.75) is 26.7 Å². The number of rotatable bonds is 5. The lowest BCUT2D eigenvalue weighted by molar-refractivity contribution is 0.756. The van der Waals surface area contributed by atoms with Crippen molar-refractivity contribution in [1.82, 2.24) is 10.2 Å². The fourth-order valence-electron chi connectivity index (χ4n) is 1.65. The lowest BCUT2D eigenvalue weighted by Crippen LogP contribution is -2.29. The molecule has 0 atom stereocenters. The smallest absolute Gasteiger partial charge is 0.158 e. The van der Waals surface area contributed by atoms with Crippen LogP contribution in [0.2, 0.25) is 0 Å². The average Bonchev–Trinajstić information content (AvgIpc) is 2.69. The Bertz CT molecular complexity index is 442. The predicted octanol–water partition coefficient (Wildman–Crippen LogP) is 1.41. The minimum Gasteiger partial charge on any atom is -0.358 e. The van der Waals surface area contributed by atoms with E-state index < -0.39 is 0 Å². The van der Waals surface area contributed by atoms with E-state index in [0.717, 1.165) is 22.9 Å². The molecule has 0 spiro atoms. The van der Waals surface area contributed by atoms with Crippen molar-refractivity contribution in [3.8, 4) is 0 Å². The van der Waals surface area contributed by atoms with Crippen LogP contribution in [0, 0.1) is 0 Å². The monoisotopic (exact) mass is 219 g/mol. The van der Waals surface area contributed by atoms with Crippen LogP contribution in [0.3, 0.4) is 0 Å². The molecule has 0 bridgehead atoms. The number of hydrogen-bond acceptors (Lipinski definition) is 2. The number of hydrogen-bond donors (Lipinski definition) is 1. The molecule has 16 heavy (non-hydrogen) atoms. The van der Waals surface area contributed by atoms with Crippen LogP contribution in [0.15, 0.2) is 12.7 Å². The van der Waals surface area contributed by atoms with Gasteiger partial charge in [0.05, 0.1) is 5.35 Å². The Balaban J connectivity index is 3.10. The molecule has 0 aliphatic heterocycles. The van der Waals surface area contributed by atoms with Crippen molar-refractivity contribution >= 4 is 18.0 Å². The molecule has 0 aliphatic carbocycles. The molecule has 88 valence electrons. The molecule has 0 saturated carbocycles. The Morgan fingerprint density at radius 3 is 2.81 bits per heavy atom. The molecule has 1 aromatic rings. The van der Waals surface area contributed by atoms with Crippen LogP contribution in [0.5, 0.6) is 0 Å². The van der Waals surface area contributed by atoms with Crippen LogP contribution in [0.25, 0.3) is 12.2 Å². The molecule has 1 heterocycles. The van der Waals surface area contributed by atoms with Gasteiger partial charge in [0.25, 0.3) is 0 Å². The van der Waals surface area contributed by atoms with Gasteiger partial charge >= 0.3 is 0 Å². The summed E-state index contributed by atoms with van der Waals surface area (Å²) in [6, 6.07) is 0. The highest BCUT2D eigenvalue weighted by Crippen LogP contribution is 2.00. The van der Waals surface area contributed by atoms with Crippen molar-refractivity contribution in [2.24, 2.45) is 0 Å². The second-order valence-electron chi connectivity index (χ2n) is 3.84. The van der Waals surface area contributed by atoms with E-state index in [2.05, 4.69) is 35.6 Å². The van der Waals surface area contributed by atoms with Crippen LogP contribution in [0.4, 0.5) is 5.82 Å². The topological polar surface area (TPSA) is 31.9 Å². The first-order chi connectivity index (χ1) is 7.74. The molecule has 3 nitrogen and oxygen atoms in total. The van der Waals surface area contributed by atoms with Gasteiger partial charge in [0, 0.05) is 18.8 Å². The number of unbranched alkanes of at least 4 members (excludes halogenated alkanes) is 1. The fraction of sp³-hybridized carbons (Fsp3) is 0.462. The maximum Gasteiger partial charge on any atom is 0.158 e. The van der Waals surface area contributed by atoms with Crippen LogP contribution in [-0.2, 0) is 0 Å². The third-order valence-electron chi connectivity index (χ3n) is 2.60. The number of allylic oxidation sites excluding steroid dienone is 1.